The molecule has 6 N–H and O–H groups in total. The largest absolute Gasteiger partial charge is 0.356 e. The van der Waals surface area contributed by atoms with E-state index in [1.165, 1.54) is 42.6 Å². The van der Waals surface area contributed by atoms with Crippen molar-refractivity contribution < 1.29 is 66.0 Å². The molecular weight excluding hydrogens is 1080 g/mol. The van der Waals surface area contributed by atoms with Crippen LogP contribution >= 0.6 is 0 Å². The summed E-state index contributed by atoms with van der Waals surface area (Å²) in [7, 11) is -14.5. The monoisotopic (exact) mass is 1140 g/mol. The molecule has 6 rings (SSSR count). The quantitative estimate of drug-likeness (QED) is 0.00711. The van der Waals surface area contributed by atoms with Crippen LogP contribution in [0.15, 0.2) is 124 Å². The van der Waals surface area contributed by atoms with Gasteiger partial charge >= 0.3 is 0 Å². The Bertz CT molecular complexity index is 3560. The third-order valence-corrected chi connectivity index (χ3v) is 17.1. The number of aryl methyl sites for hydroxylation is 1. The molecule has 4 aromatic rings. The second-order valence-corrected chi connectivity index (χ2v) is 25.2. The van der Waals surface area contributed by atoms with Crippen LogP contribution in [-0.4, -0.2) is 111 Å². The number of amides is 2. The Kier molecular flexibility index (Phi) is 18.9. The van der Waals surface area contributed by atoms with Crippen molar-refractivity contribution >= 4 is 80.6 Å². The number of fused-ring (bicyclic) bond motifs is 2. The van der Waals surface area contributed by atoms with Crippen LogP contribution in [0.5, 0.6) is 0 Å². The molecule has 0 fully saturated rings. The van der Waals surface area contributed by atoms with Crippen LogP contribution in [0.2, 0.25) is 0 Å². The summed E-state index contributed by atoms with van der Waals surface area (Å²) >= 11 is 0. The maximum Gasteiger partial charge on any atom is 0.294 e. The number of rotatable bonds is 25. The Hall–Kier alpha value is -6.61. The number of hydrogen-bond acceptors (Lipinski definition) is 13. The summed E-state index contributed by atoms with van der Waals surface area (Å²) in [5.74, 6) is -1.67. The van der Waals surface area contributed by atoms with Gasteiger partial charge in [0.15, 0.2) is 5.71 Å². The minimum Gasteiger partial charge on any atom is -0.356 e. The number of unbranched alkanes of at least 4 members (excludes halogenated alkanes) is 1. The summed E-state index contributed by atoms with van der Waals surface area (Å²) in [6.45, 7) is 3.82. The zero-order valence-corrected chi connectivity index (χ0v) is 46.0. The summed E-state index contributed by atoms with van der Waals surface area (Å²) in [4.78, 5) is 33.0. The average molecular weight is 1140 g/mol. The van der Waals surface area contributed by atoms with E-state index in [-0.39, 0.29) is 73.2 Å². The standard InChI is InChI=1S/C51H60N8O14S4/c1-50(26-7-29-74(62,63)64)42-31-40(76(68,69)70)19-21-44(42)58(3)46(50)23-15-37(16-24-47-51(2,27-8-30-75(65,66)67)43-32-41(77(71,72)73)20-22-45(43)59(47)4)36-13-11-35(12-14-36)9-5-6-10-48(60)53-28-25-49(61)56-39-18-17-38(54-33-39)34-55-57-52/h11-24,31-33H,5-10,25-30,34H2,1-4H3,(H5-,53,56,60,61,62,63,64,65,66,67,68,69,70,71,72,73)/p+1. The topological polar surface area (TPSA) is 344 Å². The number of carbonyl (C=O) groups is 2. The number of hydrogen-bond donors (Lipinski definition) is 6. The molecule has 26 heteroatoms. The van der Waals surface area contributed by atoms with Crippen molar-refractivity contribution in [3.8, 4) is 0 Å². The van der Waals surface area contributed by atoms with Gasteiger partial charge in [-0.3, -0.25) is 32.8 Å². The Morgan fingerprint density at radius 3 is 2.00 bits per heavy atom. The maximum absolute atomic E-state index is 12.6. The van der Waals surface area contributed by atoms with Gasteiger partial charge in [0.05, 0.1) is 45.1 Å². The lowest BCUT2D eigenvalue weighted by Crippen LogP contribution is -2.31. The normalized spacial score (nSPS) is 18.4. The third kappa shape index (κ3) is 15.5. The molecule has 2 amide bonds. The highest BCUT2D eigenvalue weighted by Gasteiger charge is 2.47. The number of likely N-dealkylation sites (N-methyl/N-ethyl adjacent to an activating group) is 1. The van der Waals surface area contributed by atoms with E-state index in [2.05, 4.69) is 25.6 Å². The van der Waals surface area contributed by atoms with Gasteiger partial charge in [-0.25, -0.2) is 0 Å². The van der Waals surface area contributed by atoms with Gasteiger partial charge in [0.25, 0.3) is 40.5 Å². The highest BCUT2D eigenvalue weighted by molar-refractivity contribution is 7.86. The lowest BCUT2D eigenvalue weighted by atomic mass is 9.75. The van der Waals surface area contributed by atoms with Crippen molar-refractivity contribution in [3.05, 3.63) is 147 Å². The van der Waals surface area contributed by atoms with E-state index in [0.29, 0.717) is 75.7 Å². The van der Waals surface area contributed by atoms with Gasteiger partial charge in [-0.15, -0.1) is 0 Å². The van der Waals surface area contributed by atoms with Crippen molar-refractivity contribution in [2.45, 2.75) is 98.8 Å². The molecule has 2 aliphatic heterocycles. The lowest BCUT2D eigenvalue weighted by Gasteiger charge is -2.29. The van der Waals surface area contributed by atoms with E-state index < -0.39 is 62.8 Å². The predicted molar refractivity (Wildman–Crippen MR) is 290 cm³/mol. The van der Waals surface area contributed by atoms with E-state index in [0.717, 1.165) is 5.56 Å². The van der Waals surface area contributed by atoms with Crippen LogP contribution in [0, 0.1) is 0 Å². The fourth-order valence-corrected chi connectivity index (χ4v) is 11.8. The number of anilines is 2. The molecule has 0 aliphatic carbocycles. The summed E-state index contributed by atoms with van der Waals surface area (Å²) in [5.41, 5.74) is 13.0. The SMILES string of the molecule is CN1C(=CC=C(C=CC2=[N+](C)c3ccc(S(=O)(=O)O)cc3C2(C)CCCS(=O)(=O)O)c2ccc(CCCCC(=O)NCCC(=O)Nc3ccc(CN=[N+]=[N-])nc3)cc2)C(C)(CCCS(=O)(=O)O)c2cc(S(=O)(=O)O)ccc21. The summed E-state index contributed by atoms with van der Waals surface area (Å²) in [6, 6.07) is 19.2. The minimum absolute atomic E-state index is 0.0172. The van der Waals surface area contributed by atoms with Crippen molar-refractivity contribution in [2.75, 3.05) is 42.4 Å². The molecule has 2 unspecified atom stereocenters. The highest BCUT2D eigenvalue weighted by Crippen LogP contribution is 2.51. The molecule has 1 aromatic heterocycles. The van der Waals surface area contributed by atoms with Gasteiger partial charge in [-0.2, -0.15) is 38.2 Å². The Labute approximate surface area is 448 Å². The summed E-state index contributed by atoms with van der Waals surface area (Å²) in [5, 5.41) is 8.91. The Balaban J connectivity index is 1.27. The predicted octanol–water partition coefficient (Wildman–Crippen LogP) is 7.50. The van der Waals surface area contributed by atoms with E-state index in [1.807, 2.05) is 45.9 Å². The lowest BCUT2D eigenvalue weighted by molar-refractivity contribution is -0.401. The molecule has 0 saturated carbocycles. The number of allylic oxidation sites excluding steroid dienone is 6. The second kappa shape index (κ2) is 24.4. The first-order valence-electron chi connectivity index (χ1n) is 24.2. The van der Waals surface area contributed by atoms with Gasteiger partial charge in [0, 0.05) is 71.5 Å². The van der Waals surface area contributed by atoms with Crippen molar-refractivity contribution in [1.29, 1.82) is 0 Å². The van der Waals surface area contributed by atoms with Gasteiger partial charge in [-0.05, 0) is 141 Å². The highest BCUT2D eigenvalue weighted by atomic mass is 32.2. The molecule has 2 atom stereocenters. The van der Waals surface area contributed by atoms with Crippen molar-refractivity contribution in [2.24, 2.45) is 5.11 Å². The van der Waals surface area contributed by atoms with Gasteiger partial charge < -0.3 is 15.5 Å². The number of aromatic nitrogens is 1. The van der Waals surface area contributed by atoms with E-state index >= 15 is 0 Å². The molecule has 3 heterocycles. The first-order chi connectivity index (χ1) is 36.0. The number of azide groups is 1. The molecule has 0 saturated heterocycles. The van der Waals surface area contributed by atoms with Crippen LogP contribution in [0.25, 0.3) is 16.0 Å². The van der Waals surface area contributed by atoms with Crippen LogP contribution in [-0.2, 0) is 73.9 Å². The van der Waals surface area contributed by atoms with Crippen LogP contribution in [0.4, 0.5) is 17.1 Å². The number of benzene rings is 3. The zero-order chi connectivity index (χ0) is 56.6. The molecule has 2 aliphatic rings. The zero-order valence-electron chi connectivity index (χ0n) is 42.7. The number of carbonyl (C=O) groups excluding carboxylic acids is 2. The molecule has 3 aromatic carbocycles. The molecule has 22 nitrogen and oxygen atoms in total. The second-order valence-electron chi connectivity index (χ2n) is 19.2. The average Bonchev–Trinajstić information content (AvgIpc) is 3.68. The number of pyridine rings is 1. The minimum atomic E-state index is -4.64. The Morgan fingerprint density at radius 1 is 0.779 bits per heavy atom. The van der Waals surface area contributed by atoms with Crippen molar-refractivity contribution in [1.82, 2.24) is 10.3 Å². The fraction of sp³-hybridized carbons (Fsp3) is 0.373. The first-order valence-corrected chi connectivity index (χ1v) is 30.3. The van der Waals surface area contributed by atoms with Gasteiger partial charge in [0.2, 0.25) is 17.5 Å². The van der Waals surface area contributed by atoms with Gasteiger partial charge in [0.1, 0.15) is 7.05 Å². The third-order valence-electron chi connectivity index (χ3n) is 13.8. The van der Waals surface area contributed by atoms with E-state index in [4.69, 9.17) is 5.53 Å². The summed E-state index contributed by atoms with van der Waals surface area (Å²) in [6.07, 6.45) is 11.0. The van der Waals surface area contributed by atoms with E-state index in [9.17, 15) is 61.5 Å². The van der Waals surface area contributed by atoms with E-state index in [1.54, 1.807) is 52.2 Å². The molecular formula is C51H61N8O14S4+. The smallest absolute Gasteiger partial charge is 0.294 e. The van der Waals surface area contributed by atoms with Gasteiger partial charge in [-0.1, -0.05) is 35.5 Å². The molecule has 412 valence electrons. The summed E-state index contributed by atoms with van der Waals surface area (Å²) < 4.78 is 138. The number of nitrogens with one attached hydrogen (secondary N) is 2. The first kappa shape index (κ1) is 59.6. The van der Waals surface area contributed by atoms with Crippen molar-refractivity contribution in [3.63, 3.8) is 0 Å². The number of nitrogens with zero attached hydrogens (tertiary/aromatic N) is 6. The Morgan fingerprint density at radius 2 is 1.40 bits per heavy atom. The maximum atomic E-state index is 12.6. The molecule has 0 spiro atoms. The van der Waals surface area contributed by atoms with Crippen LogP contribution < -0.4 is 15.5 Å². The molecule has 77 heavy (non-hydrogen) atoms. The molecule has 0 bridgehead atoms. The fourth-order valence-electron chi connectivity index (χ4n) is 9.82. The van der Waals surface area contributed by atoms with Crippen LogP contribution in [0.3, 0.4) is 0 Å². The van der Waals surface area contributed by atoms with Crippen LogP contribution in [0.1, 0.15) is 93.2 Å². The molecule has 0 radical (unpaired) electrons.